The zero-order valence-corrected chi connectivity index (χ0v) is 12.2. The Morgan fingerprint density at radius 3 is 2.53 bits per heavy atom. The zero-order chi connectivity index (χ0) is 14.7. The summed E-state index contributed by atoms with van der Waals surface area (Å²) >= 11 is 0. The molecule has 1 atom stereocenters. The number of Topliss-reactive ketones (excluding diaryl/α,β-unsaturated/α-hetero) is 1. The molecule has 19 heavy (non-hydrogen) atoms. The van der Waals surface area contributed by atoms with Crippen molar-refractivity contribution in [3.05, 3.63) is 0 Å². The maximum absolute atomic E-state index is 11.4. The third-order valence-corrected chi connectivity index (χ3v) is 2.69. The molecular weight excluding hydrogens is 246 g/mol. The molecule has 1 amide bonds. The van der Waals surface area contributed by atoms with Crippen molar-refractivity contribution in [2.24, 2.45) is 0 Å². The summed E-state index contributed by atoms with van der Waals surface area (Å²) < 4.78 is 4.71. The number of carbonyl (C=O) groups excluding carboxylic acids is 3. The monoisotopic (exact) mass is 271 g/mol. The van der Waals surface area contributed by atoms with E-state index in [0.29, 0.717) is 19.4 Å². The third kappa shape index (κ3) is 7.59. The number of cyclic esters (lactones) is 1. The Morgan fingerprint density at radius 1 is 1.32 bits per heavy atom. The fourth-order valence-corrected chi connectivity index (χ4v) is 1.71. The minimum atomic E-state index is -0.564. The zero-order valence-electron chi connectivity index (χ0n) is 12.2. The highest BCUT2D eigenvalue weighted by molar-refractivity contribution is 5.99. The van der Waals surface area contributed by atoms with Crippen LogP contribution in [0.15, 0.2) is 0 Å². The molecule has 0 unspecified atom stereocenters. The highest BCUT2D eigenvalue weighted by atomic mass is 16.5. The van der Waals surface area contributed by atoms with Gasteiger partial charge in [0.15, 0.2) is 0 Å². The van der Waals surface area contributed by atoms with Crippen molar-refractivity contribution < 1.29 is 19.1 Å². The Morgan fingerprint density at radius 2 is 2.00 bits per heavy atom. The van der Waals surface area contributed by atoms with Gasteiger partial charge in [0.05, 0.1) is 13.0 Å². The lowest BCUT2D eigenvalue weighted by molar-refractivity contribution is -0.142. The fraction of sp³-hybridized carbons (Fsp3) is 0.786. The molecule has 1 N–H and O–H groups in total. The number of ether oxygens (including phenoxy) is 1. The van der Waals surface area contributed by atoms with Crippen LogP contribution in [-0.4, -0.2) is 30.3 Å². The predicted octanol–water partition coefficient (Wildman–Crippen LogP) is 1.98. The standard InChI is InChI=1S/C12H19NO4.C2H6/c1-2-3-4-5-9(14)8-11(15)13-10-6-7-17-12(10)16;1-2/h10H,2-8H2,1H3,(H,13,15);1-2H3/t10-;/m0./s1. The summed E-state index contributed by atoms with van der Waals surface area (Å²) in [5, 5.41) is 2.52. The lowest BCUT2D eigenvalue weighted by atomic mass is 10.1. The lowest BCUT2D eigenvalue weighted by Gasteiger charge is -2.08. The third-order valence-electron chi connectivity index (χ3n) is 2.69. The van der Waals surface area contributed by atoms with Gasteiger partial charge in [-0.2, -0.15) is 0 Å². The van der Waals surface area contributed by atoms with Gasteiger partial charge in [0.25, 0.3) is 0 Å². The van der Waals surface area contributed by atoms with Crippen molar-refractivity contribution in [1.82, 2.24) is 5.32 Å². The van der Waals surface area contributed by atoms with E-state index in [9.17, 15) is 14.4 Å². The lowest BCUT2D eigenvalue weighted by Crippen LogP contribution is -2.38. The topological polar surface area (TPSA) is 72.5 Å². The normalized spacial score (nSPS) is 17.2. The first-order chi connectivity index (χ1) is 9.13. The van der Waals surface area contributed by atoms with Gasteiger partial charge in [0, 0.05) is 12.8 Å². The second-order valence-corrected chi connectivity index (χ2v) is 4.25. The van der Waals surface area contributed by atoms with Gasteiger partial charge in [-0.05, 0) is 6.42 Å². The van der Waals surface area contributed by atoms with Gasteiger partial charge < -0.3 is 10.1 Å². The first-order valence-corrected chi connectivity index (χ1v) is 7.11. The maximum atomic E-state index is 11.4. The van der Waals surface area contributed by atoms with Crippen LogP contribution in [0.5, 0.6) is 0 Å². The van der Waals surface area contributed by atoms with E-state index in [1.165, 1.54) is 0 Å². The molecule has 1 rings (SSSR count). The Labute approximate surface area is 115 Å². The molecule has 5 heteroatoms. The van der Waals surface area contributed by atoms with Crippen LogP contribution in [0.2, 0.25) is 0 Å². The Kier molecular flexibility index (Phi) is 9.75. The van der Waals surface area contributed by atoms with Crippen molar-refractivity contribution >= 4 is 17.7 Å². The summed E-state index contributed by atoms with van der Waals surface area (Å²) in [6.45, 7) is 6.40. The Bertz CT molecular complexity index is 302. The fourth-order valence-electron chi connectivity index (χ4n) is 1.71. The molecular formula is C14H25NO4. The highest BCUT2D eigenvalue weighted by Crippen LogP contribution is 2.07. The average molecular weight is 271 g/mol. The van der Waals surface area contributed by atoms with E-state index in [-0.39, 0.29) is 18.1 Å². The van der Waals surface area contributed by atoms with Crippen molar-refractivity contribution in [3.8, 4) is 0 Å². The quantitative estimate of drug-likeness (QED) is 0.436. The molecule has 0 bridgehead atoms. The van der Waals surface area contributed by atoms with Crippen LogP contribution < -0.4 is 5.32 Å². The molecule has 0 aromatic rings. The van der Waals surface area contributed by atoms with Gasteiger partial charge in [-0.25, -0.2) is 4.79 Å². The molecule has 0 aromatic carbocycles. The maximum Gasteiger partial charge on any atom is 0.328 e. The summed E-state index contributed by atoms with van der Waals surface area (Å²) in [7, 11) is 0. The number of nitrogens with one attached hydrogen (secondary N) is 1. The van der Waals surface area contributed by atoms with E-state index in [1.807, 2.05) is 13.8 Å². The van der Waals surface area contributed by atoms with E-state index in [4.69, 9.17) is 4.74 Å². The van der Waals surface area contributed by atoms with Crippen molar-refractivity contribution in [3.63, 3.8) is 0 Å². The molecule has 110 valence electrons. The molecule has 1 heterocycles. The first-order valence-electron chi connectivity index (χ1n) is 7.11. The van der Waals surface area contributed by atoms with Gasteiger partial charge >= 0.3 is 5.97 Å². The van der Waals surface area contributed by atoms with Crippen LogP contribution in [0.25, 0.3) is 0 Å². The van der Waals surface area contributed by atoms with E-state index >= 15 is 0 Å². The second-order valence-electron chi connectivity index (χ2n) is 4.25. The molecule has 1 aliphatic heterocycles. The van der Waals surface area contributed by atoms with Crippen molar-refractivity contribution in [2.45, 2.75) is 65.3 Å². The summed E-state index contributed by atoms with van der Waals surface area (Å²) in [4.78, 5) is 33.9. The molecule has 0 aliphatic carbocycles. The molecule has 0 saturated carbocycles. The summed E-state index contributed by atoms with van der Waals surface area (Å²) in [5.41, 5.74) is 0. The molecule has 5 nitrogen and oxygen atoms in total. The number of esters is 1. The van der Waals surface area contributed by atoms with Crippen LogP contribution in [0, 0.1) is 0 Å². The minimum Gasteiger partial charge on any atom is -0.464 e. The van der Waals surface area contributed by atoms with Crippen LogP contribution in [-0.2, 0) is 19.1 Å². The van der Waals surface area contributed by atoms with E-state index in [2.05, 4.69) is 12.2 Å². The summed E-state index contributed by atoms with van der Waals surface area (Å²) in [6, 6.07) is -0.564. The molecule has 1 fully saturated rings. The number of ketones is 1. The molecule has 1 saturated heterocycles. The van der Waals surface area contributed by atoms with Gasteiger partial charge in [0.1, 0.15) is 11.8 Å². The molecule has 1 aliphatic rings. The van der Waals surface area contributed by atoms with Crippen LogP contribution in [0.3, 0.4) is 0 Å². The molecule has 0 aromatic heterocycles. The number of rotatable bonds is 7. The van der Waals surface area contributed by atoms with E-state index in [0.717, 1.165) is 19.3 Å². The average Bonchev–Trinajstić information content (AvgIpc) is 2.77. The van der Waals surface area contributed by atoms with Crippen LogP contribution >= 0.6 is 0 Å². The molecule has 0 spiro atoms. The number of hydrogen-bond donors (Lipinski definition) is 1. The molecule has 0 radical (unpaired) electrons. The minimum absolute atomic E-state index is 0.0673. The van der Waals surface area contributed by atoms with E-state index in [1.54, 1.807) is 0 Å². The van der Waals surface area contributed by atoms with Crippen molar-refractivity contribution in [1.29, 1.82) is 0 Å². The number of hydrogen-bond acceptors (Lipinski definition) is 4. The van der Waals surface area contributed by atoms with Crippen LogP contribution in [0.4, 0.5) is 0 Å². The van der Waals surface area contributed by atoms with Gasteiger partial charge in [-0.3, -0.25) is 9.59 Å². The van der Waals surface area contributed by atoms with Gasteiger partial charge in [0.2, 0.25) is 5.91 Å². The number of amides is 1. The predicted molar refractivity (Wildman–Crippen MR) is 72.6 cm³/mol. The van der Waals surface area contributed by atoms with Crippen LogP contribution in [0.1, 0.15) is 59.3 Å². The SMILES string of the molecule is CC.CCCCCC(=O)CC(=O)N[C@H]1CCOC1=O. The Balaban J connectivity index is 0.00000154. The van der Waals surface area contributed by atoms with Gasteiger partial charge in [-0.1, -0.05) is 33.6 Å². The smallest absolute Gasteiger partial charge is 0.328 e. The highest BCUT2D eigenvalue weighted by Gasteiger charge is 2.28. The Hall–Kier alpha value is -1.39. The summed E-state index contributed by atoms with van der Waals surface area (Å²) in [5.74, 6) is -0.852. The van der Waals surface area contributed by atoms with Gasteiger partial charge in [-0.15, -0.1) is 0 Å². The number of unbranched alkanes of at least 4 members (excludes halogenated alkanes) is 2. The van der Waals surface area contributed by atoms with Crippen molar-refractivity contribution in [2.75, 3.05) is 6.61 Å². The largest absolute Gasteiger partial charge is 0.464 e. The number of carbonyl (C=O) groups is 3. The second kappa shape index (κ2) is 10.5. The first kappa shape index (κ1) is 17.6. The van der Waals surface area contributed by atoms with E-state index < -0.39 is 12.0 Å². The summed E-state index contributed by atoms with van der Waals surface area (Å²) in [6.07, 6.45) is 3.68.